The highest BCUT2D eigenvalue weighted by Crippen LogP contribution is 2.36. The molecule has 178 valence electrons. The standard InChI is InChI=1S/C21H17ClF3N5O4/c22-15-5-3-12(9-14(15)21(23,24)25)26-18(31)11-29-17-10-13(30(33)34)4-6-16(17)27-19(20(29)32)28-7-1-2-8-28/h3-6,9-10H,1-2,7-8,11H2,(H,26,31). The van der Waals surface area contributed by atoms with Crippen molar-refractivity contribution in [2.45, 2.75) is 25.6 Å². The summed E-state index contributed by atoms with van der Waals surface area (Å²) in [7, 11) is 0. The number of aromatic nitrogens is 2. The van der Waals surface area contributed by atoms with Crippen molar-refractivity contribution in [2.24, 2.45) is 0 Å². The van der Waals surface area contributed by atoms with E-state index >= 15 is 0 Å². The predicted octanol–water partition coefficient (Wildman–Crippen LogP) is 4.22. The Morgan fingerprint density at radius 2 is 1.88 bits per heavy atom. The summed E-state index contributed by atoms with van der Waals surface area (Å²) >= 11 is 5.61. The average molecular weight is 496 g/mol. The van der Waals surface area contributed by atoms with Crippen molar-refractivity contribution >= 4 is 45.7 Å². The second-order valence-electron chi connectivity index (χ2n) is 7.69. The fourth-order valence-electron chi connectivity index (χ4n) is 3.78. The third-order valence-electron chi connectivity index (χ3n) is 5.39. The summed E-state index contributed by atoms with van der Waals surface area (Å²) in [6.07, 6.45) is -3.00. The topological polar surface area (TPSA) is 110 Å². The summed E-state index contributed by atoms with van der Waals surface area (Å²) in [5, 5.41) is 13.0. The van der Waals surface area contributed by atoms with Gasteiger partial charge in [0, 0.05) is 30.9 Å². The van der Waals surface area contributed by atoms with E-state index in [2.05, 4.69) is 10.3 Å². The third kappa shape index (κ3) is 4.67. The van der Waals surface area contributed by atoms with Gasteiger partial charge in [-0.1, -0.05) is 11.6 Å². The number of anilines is 2. The summed E-state index contributed by atoms with van der Waals surface area (Å²) in [6.45, 7) is 0.597. The molecule has 4 rings (SSSR count). The lowest BCUT2D eigenvalue weighted by molar-refractivity contribution is -0.384. The molecule has 0 unspecified atom stereocenters. The molecule has 0 atom stereocenters. The molecule has 2 heterocycles. The van der Waals surface area contributed by atoms with Gasteiger partial charge in [0.2, 0.25) is 5.91 Å². The van der Waals surface area contributed by atoms with Crippen LogP contribution in [0.15, 0.2) is 41.2 Å². The molecule has 0 aliphatic carbocycles. The van der Waals surface area contributed by atoms with Crippen LogP contribution >= 0.6 is 11.6 Å². The SMILES string of the molecule is O=C(Cn1c(=O)c(N2CCCC2)nc2ccc([N+](=O)[O-])cc21)Nc1ccc(Cl)c(C(F)(F)F)c1. The van der Waals surface area contributed by atoms with Gasteiger partial charge >= 0.3 is 6.18 Å². The monoisotopic (exact) mass is 495 g/mol. The smallest absolute Gasteiger partial charge is 0.352 e. The van der Waals surface area contributed by atoms with Gasteiger partial charge in [-0.05, 0) is 37.1 Å². The molecule has 2 aromatic carbocycles. The lowest BCUT2D eigenvalue weighted by atomic mass is 10.2. The maximum Gasteiger partial charge on any atom is 0.417 e. The van der Waals surface area contributed by atoms with E-state index in [1.165, 1.54) is 18.2 Å². The van der Waals surface area contributed by atoms with Crippen LogP contribution in [0.3, 0.4) is 0 Å². The molecule has 1 N–H and O–H groups in total. The van der Waals surface area contributed by atoms with Crippen LogP contribution in [0.2, 0.25) is 5.02 Å². The predicted molar refractivity (Wildman–Crippen MR) is 119 cm³/mol. The summed E-state index contributed by atoms with van der Waals surface area (Å²) in [4.78, 5) is 42.6. The van der Waals surface area contributed by atoms with Gasteiger partial charge in [0.25, 0.3) is 11.2 Å². The van der Waals surface area contributed by atoms with Crippen molar-refractivity contribution in [3.8, 4) is 0 Å². The van der Waals surface area contributed by atoms with Crippen LogP contribution in [0.25, 0.3) is 11.0 Å². The van der Waals surface area contributed by atoms with E-state index in [1.807, 2.05) is 0 Å². The summed E-state index contributed by atoms with van der Waals surface area (Å²) in [6, 6.07) is 6.65. The lowest BCUT2D eigenvalue weighted by Gasteiger charge is -2.19. The van der Waals surface area contributed by atoms with E-state index in [4.69, 9.17) is 11.6 Å². The molecule has 1 fully saturated rings. The molecule has 0 spiro atoms. The Morgan fingerprint density at radius 1 is 1.18 bits per heavy atom. The number of nitro benzene ring substituents is 1. The fourth-order valence-corrected chi connectivity index (χ4v) is 4.01. The Balaban J connectivity index is 1.73. The van der Waals surface area contributed by atoms with Crippen LogP contribution in [-0.2, 0) is 17.5 Å². The van der Waals surface area contributed by atoms with Crippen molar-refractivity contribution in [3.05, 3.63) is 67.5 Å². The van der Waals surface area contributed by atoms with Crippen molar-refractivity contribution in [1.29, 1.82) is 0 Å². The Bertz CT molecular complexity index is 1350. The average Bonchev–Trinajstić information content (AvgIpc) is 3.30. The summed E-state index contributed by atoms with van der Waals surface area (Å²) < 4.78 is 40.4. The van der Waals surface area contributed by atoms with Crippen LogP contribution in [0.5, 0.6) is 0 Å². The molecule has 13 heteroatoms. The second-order valence-corrected chi connectivity index (χ2v) is 8.10. The van der Waals surface area contributed by atoms with Crippen LogP contribution in [0.1, 0.15) is 18.4 Å². The molecule has 1 aromatic heterocycles. The number of fused-ring (bicyclic) bond motifs is 1. The molecule has 1 saturated heterocycles. The number of nitrogens with zero attached hydrogens (tertiary/aromatic N) is 4. The van der Waals surface area contributed by atoms with E-state index in [1.54, 1.807) is 4.90 Å². The van der Waals surface area contributed by atoms with Crippen LogP contribution < -0.4 is 15.8 Å². The fraction of sp³-hybridized carbons (Fsp3) is 0.286. The highest BCUT2D eigenvalue weighted by molar-refractivity contribution is 6.31. The van der Waals surface area contributed by atoms with Gasteiger partial charge in [-0.25, -0.2) is 4.98 Å². The number of halogens is 4. The minimum atomic E-state index is -4.72. The van der Waals surface area contributed by atoms with Crippen LogP contribution in [0.4, 0.5) is 30.4 Å². The van der Waals surface area contributed by atoms with Gasteiger partial charge in [-0.2, -0.15) is 13.2 Å². The van der Waals surface area contributed by atoms with Gasteiger partial charge in [0.15, 0.2) is 5.82 Å². The normalized spacial score (nSPS) is 13.9. The molecular weight excluding hydrogens is 479 g/mol. The Morgan fingerprint density at radius 3 is 2.53 bits per heavy atom. The Kier molecular flexibility index (Phi) is 6.17. The maximum atomic E-state index is 13.2. The van der Waals surface area contributed by atoms with Crippen LogP contribution in [-0.4, -0.2) is 33.5 Å². The molecule has 3 aromatic rings. The van der Waals surface area contributed by atoms with E-state index in [0.717, 1.165) is 29.5 Å². The molecule has 34 heavy (non-hydrogen) atoms. The second kappa shape index (κ2) is 8.93. The molecule has 9 nitrogen and oxygen atoms in total. The van der Waals surface area contributed by atoms with Gasteiger partial charge in [0.05, 0.1) is 26.5 Å². The third-order valence-corrected chi connectivity index (χ3v) is 5.72. The lowest BCUT2D eigenvalue weighted by Crippen LogP contribution is -2.34. The minimum Gasteiger partial charge on any atom is -0.352 e. The molecule has 1 amide bonds. The summed E-state index contributed by atoms with van der Waals surface area (Å²) in [5.41, 5.74) is -1.89. The quantitative estimate of drug-likeness (QED) is 0.419. The Labute approximate surface area is 194 Å². The number of carbonyl (C=O) groups excluding carboxylic acids is 1. The molecule has 1 aliphatic rings. The van der Waals surface area contributed by atoms with Crippen molar-refractivity contribution in [3.63, 3.8) is 0 Å². The maximum absolute atomic E-state index is 13.2. The Hall–Kier alpha value is -3.67. The van der Waals surface area contributed by atoms with E-state index < -0.39 is 39.7 Å². The molecule has 0 bridgehead atoms. The van der Waals surface area contributed by atoms with Crippen molar-refractivity contribution in [2.75, 3.05) is 23.3 Å². The van der Waals surface area contributed by atoms with Crippen LogP contribution in [0, 0.1) is 10.1 Å². The summed E-state index contributed by atoms with van der Waals surface area (Å²) in [5.74, 6) is -0.693. The number of rotatable bonds is 5. The van der Waals surface area contributed by atoms with Gasteiger partial charge in [-0.15, -0.1) is 0 Å². The molecule has 0 saturated carbocycles. The number of carbonyl (C=O) groups is 1. The number of amides is 1. The van der Waals surface area contributed by atoms with E-state index in [0.29, 0.717) is 19.2 Å². The minimum absolute atomic E-state index is 0.0596. The first-order valence-corrected chi connectivity index (χ1v) is 10.5. The van der Waals surface area contributed by atoms with Crippen molar-refractivity contribution in [1.82, 2.24) is 9.55 Å². The zero-order valence-electron chi connectivity index (χ0n) is 17.4. The first-order valence-electron chi connectivity index (χ1n) is 10.1. The van der Waals surface area contributed by atoms with E-state index in [-0.39, 0.29) is 28.2 Å². The van der Waals surface area contributed by atoms with Gasteiger partial charge in [0.1, 0.15) is 6.54 Å². The number of alkyl halides is 3. The largest absolute Gasteiger partial charge is 0.417 e. The molecular formula is C21H17ClF3N5O4. The first kappa shape index (κ1) is 23.5. The number of non-ortho nitro benzene ring substituents is 1. The number of benzene rings is 2. The number of nitrogens with one attached hydrogen (secondary N) is 1. The first-order chi connectivity index (χ1) is 16.0. The zero-order valence-corrected chi connectivity index (χ0v) is 18.2. The molecule has 0 radical (unpaired) electrons. The number of nitro groups is 1. The highest BCUT2D eigenvalue weighted by Gasteiger charge is 2.33. The molecule has 1 aliphatic heterocycles. The van der Waals surface area contributed by atoms with Gasteiger partial charge < -0.3 is 10.2 Å². The van der Waals surface area contributed by atoms with Gasteiger partial charge in [-0.3, -0.25) is 24.3 Å². The number of hydrogen-bond donors (Lipinski definition) is 1. The number of hydrogen-bond acceptors (Lipinski definition) is 6. The van der Waals surface area contributed by atoms with E-state index in [9.17, 15) is 32.9 Å². The zero-order chi connectivity index (χ0) is 24.6. The van der Waals surface area contributed by atoms with Crippen molar-refractivity contribution < 1.29 is 22.9 Å². The highest BCUT2D eigenvalue weighted by atomic mass is 35.5.